The predicted octanol–water partition coefficient (Wildman–Crippen LogP) is 1.31. The quantitative estimate of drug-likeness (QED) is 0.814. The molecule has 1 aliphatic rings. The lowest BCUT2D eigenvalue weighted by atomic mass is 10.0. The molecule has 2 unspecified atom stereocenters. The smallest absolute Gasteiger partial charge is 0.220 e. The first-order valence-electron chi connectivity index (χ1n) is 7.24. The highest BCUT2D eigenvalue weighted by molar-refractivity contribution is 5.76. The van der Waals surface area contributed by atoms with Crippen molar-refractivity contribution in [1.82, 2.24) is 20.4 Å². The molecule has 19 heavy (non-hydrogen) atoms. The van der Waals surface area contributed by atoms with E-state index in [0.717, 1.165) is 19.5 Å². The first kappa shape index (κ1) is 14.1. The minimum Gasteiger partial charge on any atom is -0.352 e. The zero-order valence-corrected chi connectivity index (χ0v) is 11.6. The first-order valence-corrected chi connectivity index (χ1v) is 7.24. The molecule has 5 nitrogen and oxygen atoms in total. The Bertz CT molecular complexity index is 371. The maximum Gasteiger partial charge on any atom is 0.220 e. The van der Waals surface area contributed by atoms with Gasteiger partial charge in [-0.1, -0.05) is 6.42 Å². The number of amides is 1. The summed E-state index contributed by atoms with van der Waals surface area (Å²) < 4.78 is 1.84. The molecule has 1 saturated heterocycles. The maximum absolute atomic E-state index is 11.9. The molecule has 0 spiro atoms. The number of carbonyl (C=O) groups excluding carboxylic acids is 1. The van der Waals surface area contributed by atoms with Gasteiger partial charge >= 0.3 is 0 Å². The van der Waals surface area contributed by atoms with Crippen LogP contribution in [0.25, 0.3) is 0 Å². The van der Waals surface area contributed by atoms with Gasteiger partial charge in [0.2, 0.25) is 5.91 Å². The van der Waals surface area contributed by atoms with E-state index in [2.05, 4.69) is 15.7 Å². The Morgan fingerprint density at radius 3 is 3.16 bits per heavy atom. The molecule has 2 rings (SSSR count). The van der Waals surface area contributed by atoms with Gasteiger partial charge in [0.1, 0.15) is 0 Å². The molecule has 2 atom stereocenters. The second-order valence-corrected chi connectivity index (χ2v) is 5.38. The number of nitrogens with one attached hydrogen (secondary N) is 2. The van der Waals surface area contributed by atoms with Crippen LogP contribution in [0.15, 0.2) is 18.5 Å². The molecule has 1 aromatic rings. The Labute approximate surface area is 114 Å². The van der Waals surface area contributed by atoms with E-state index in [1.54, 1.807) is 6.20 Å². The Morgan fingerprint density at radius 1 is 1.58 bits per heavy atom. The third kappa shape index (κ3) is 5.03. The molecule has 1 aromatic heterocycles. The van der Waals surface area contributed by atoms with Crippen molar-refractivity contribution in [2.24, 2.45) is 0 Å². The van der Waals surface area contributed by atoms with Crippen molar-refractivity contribution >= 4 is 5.91 Å². The van der Waals surface area contributed by atoms with Gasteiger partial charge in [0.25, 0.3) is 0 Å². The van der Waals surface area contributed by atoms with Gasteiger partial charge in [-0.15, -0.1) is 0 Å². The van der Waals surface area contributed by atoms with E-state index < -0.39 is 0 Å². The average Bonchev–Trinajstić information content (AvgIpc) is 2.90. The molecular weight excluding hydrogens is 240 g/mol. The van der Waals surface area contributed by atoms with Crippen molar-refractivity contribution in [3.05, 3.63) is 18.5 Å². The molecule has 1 aliphatic heterocycles. The van der Waals surface area contributed by atoms with Crippen LogP contribution in [0.4, 0.5) is 0 Å². The maximum atomic E-state index is 11.9. The fraction of sp³-hybridized carbons (Fsp3) is 0.714. The van der Waals surface area contributed by atoms with Gasteiger partial charge in [0, 0.05) is 30.9 Å². The van der Waals surface area contributed by atoms with Gasteiger partial charge in [-0.3, -0.25) is 9.48 Å². The van der Waals surface area contributed by atoms with E-state index in [0.29, 0.717) is 12.5 Å². The van der Waals surface area contributed by atoms with Crippen molar-refractivity contribution in [3.8, 4) is 0 Å². The molecule has 2 heterocycles. The fourth-order valence-corrected chi connectivity index (χ4v) is 2.56. The van der Waals surface area contributed by atoms with E-state index in [-0.39, 0.29) is 11.9 Å². The lowest BCUT2D eigenvalue weighted by Crippen LogP contribution is -2.38. The molecule has 0 aliphatic carbocycles. The van der Waals surface area contributed by atoms with Gasteiger partial charge in [0.15, 0.2) is 0 Å². The van der Waals surface area contributed by atoms with Crippen LogP contribution >= 0.6 is 0 Å². The summed E-state index contributed by atoms with van der Waals surface area (Å²) in [6.07, 6.45) is 8.98. The zero-order valence-electron chi connectivity index (χ0n) is 11.6. The fourth-order valence-electron chi connectivity index (χ4n) is 2.56. The van der Waals surface area contributed by atoms with Crippen molar-refractivity contribution < 1.29 is 4.79 Å². The standard InChI is InChI=1S/C14H24N4O/c1-12(11-18-10-4-9-16-18)17-14(19)7-6-13-5-2-3-8-15-13/h4,9-10,12-13,15H,2-3,5-8,11H2,1H3,(H,17,19). The van der Waals surface area contributed by atoms with E-state index >= 15 is 0 Å². The van der Waals surface area contributed by atoms with E-state index in [4.69, 9.17) is 0 Å². The molecule has 106 valence electrons. The van der Waals surface area contributed by atoms with Crippen LogP contribution in [0.3, 0.4) is 0 Å². The molecule has 0 aromatic carbocycles. The number of aromatic nitrogens is 2. The van der Waals surface area contributed by atoms with Crippen LogP contribution in [0, 0.1) is 0 Å². The predicted molar refractivity (Wildman–Crippen MR) is 74.7 cm³/mol. The molecular formula is C14H24N4O. The van der Waals surface area contributed by atoms with Crippen LogP contribution in [0.5, 0.6) is 0 Å². The average molecular weight is 264 g/mol. The number of nitrogens with zero attached hydrogens (tertiary/aromatic N) is 2. The van der Waals surface area contributed by atoms with Crippen LogP contribution in [-0.4, -0.2) is 34.3 Å². The van der Waals surface area contributed by atoms with Crippen molar-refractivity contribution in [2.75, 3.05) is 6.54 Å². The summed E-state index contributed by atoms with van der Waals surface area (Å²) >= 11 is 0. The van der Waals surface area contributed by atoms with Gasteiger partial charge in [-0.2, -0.15) is 5.10 Å². The Balaban J connectivity index is 1.63. The number of piperidine rings is 1. The highest BCUT2D eigenvalue weighted by Gasteiger charge is 2.15. The molecule has 0 saturated carbocycles. The van der Waals surface area contributed by atoms with E-state index in [1.807, 2.05) is 23.9 Å². The molecule has 1 fully saturated rings. The van der Waals surface area contributed by atoms with E-state index in [9.17, 15) is 4.79 Å². The summed E-state index contributed by atoms with van der Waals surface area (Å²) in [4.78, 5) is 11.9. The molecule has 0 bridgehead atoms. The number of hydrogen-bond donors (Lipinski definition) is 2. The van der Waals surface area contributed by atoms with E-state index in [1.165, 1.54) is 19.3 Å². The second-order valence-electron chi connectivity index (χ2n) is 5.38. The number of carbonyl (C=O) groups is 1. The largest absolute Gasteiger partial charge is 0.352 e. The summed E-state index contributed by atoms with van der Waals surface area (Å²) in [7, 11) is 0. The van der Waals surface area contributed by atoms with Crippen molar-refractivity contribution in [3.63, 3.8) is 0 Å². The van der Waals surface area contributed by atoms with Crippen molar-refractivity contribution in [1.29, 1.82) is 0 Å². The van der Waals surface area contributed by atoms with Crippen LogP contribution < -0.4 is 10.6 Å². The third-order valence-corrected chi connectivity index (χ3v) is 3.56. The summed E-state index contributed by atoms with van der Waals surface area (Å²) in [5.41, 5.74) is 0. The number of hydrogen-bond acceptors (Lipinski definition) is 3. The Morgan fingerprint density at radius 2 is 2.47 bits per heavy atom. The zero-order chi connectivity index (χ0) is 13.5. The van der Waals surface area contributed by atoms with Gasteiger partial charge in [-0.25, -0.2) is 0 Å². The van der Waals surface area contributed by atoms with Gasteiger partial charge in [-0.05, 0) is 38.8 Å². The summed E-state index contributed by atoms with van der Waals surface area (Å²) in [5, 5.41) is 10.6. The van der Waals surface area contributed by atoms with Gasteiger partial charge < -0.3 is 10.6 Å². The topological polar surface area (TPSA) is 59.0 Å². The minimum absolute atomic E-state index is 0.117. The van der Waals surface area contributed by atoms with Crippen molar-refractivity contribution in [2.45, 2.75) is 57.7 Å². The normalized spacial score (nSPS) is 21.0. The Hall–Kier alpha value is -1.36. The Kier molecular flexibility index (Phi) is 5.39. The molecule has 1 amide bonds. The van der Waals surface area contributed by atoms with Gasteiger partial charge in [0.05, 0.1) is 6.54 Å². The monoisotopic (exact) mass is 264 g/mol. The summed E-state index contributed by atoms with van der Waals surface area (Å²) in [5.74, 6) is 0.145. The van der Waals surface area contributed by atoms with Crippen LogP contribution in [0.1, 0.15) is 39.0 Å². The SMILES string of the molecule is CC(Cn1cccn1)NC(=O)CCC1CCCCN1. The molecule has 2 N–H and O–H groups in total. The first-order chi connectivity index (χ1) is 9.24. The highest BCUT2D eigenvalue weighted by Crippen LogP contribution is 2.11. The lowest BCUT2D eigenvalue weighted by molar-refractivity contribution is -0.122. The summed E-state index contributed by atoms with van der Waals surface area (Å²) in [6.45, 7) is 3.83. The molecule has 0 radical (unpaired) electrons. The lowest BCUT2D eigenvalue weighted by Gasteiger charge is -2.23. The van der Waals surface area contributed by atoms with Crippen LogP contribution in [0.2, 0.25) is 0 Å². The summed E-state index contributed by atoms with van der Waals surface area (Å²) in [6, 6.07) is 2.54. The second kappa shape index (κ2) is 7.28. The number of rotatable bonds is 6. The van der Waals surface area contributed by atoms with Crippen LogP contribution in [-0.2, 0) is 11.3 Å². The highest BCUT2D eigenvalue weighted by atomic mass is 16.1. The third-order valence-electron chi connectivity index (χ3n) is 3.56. The molecule has 5 heteroatoms. The minimum atomic E-state index is 0.117.